The molecule has 2 aliphatic heterocycles. The number of fused-ring (bicyclic) bond motifs is 1. The zero-order valence-electron chi connectivity index (χ0n) is 30.4. The third kappa shape index (κ3) is 8.16. The topological polar surface area (TPSA) is 146 Å². The first-order valence-electron chi connectivity index (χ1n) is 17.5. The number of aromatic nitrogens is 4. The molecule has 1 atom stereocenters. The number of rotatable bonds is 11. The summed E-state index contributed by atoms with van der Waals surface area (Å²) in [5.74, 6) is -0.350. The number of carbonyl (C=O) groups excluding carboxylic acids is 3. The smallest absolute Gasteiger partial charge is 0.407 e. The SMILES string of the molecule is CCN(C(=O)c1cc(F)ccc1Oc1nncnc1N1CC2=C(CN(C(=O)C[C@@H](Cc3c[nH]c4ccccc34)NC(=O)OC(C)(C)C)C2)C1)C(C)C. The van der Waals surface area contributed by atoms with Gasteiger partial charge in [-0.15, -0.1) is 10.2 Å². The lowest BCUT2D eigenvalue weighted by atomic mass is 10.0. The Morgan fingerprint density at radius 1 is 1.06 bits per heavy atom. The standard InChI is InChI=1S/C38H45FN8O5/c1-7-47(23(2)3)36(49)30-15-27(39)12-13-32(30)51-35-34(41-22-42-44-35)46-20-25-18-45(19-26(25)21-46)33(48)16-28(43-37(50)52-38(4,5)6)14-24-17-40-31-11-9-8-10-29(24)31/h8-13,15,17,22-23,28,40H,7,14,16,18-21H2,1-6H3,(H,43,50)/t28-/m1/s1. The average Bonchev–Trinajstić information content (AvgIpc) is 3.79. The van der Waals surface area contributed by atoms with Crippen molar-refractivity contribution in [2.45, 2.75) is 72.1 Å². The second kappa shape index (κ2) is 15.0. The summed E-state index contributed by atoms with van der Waals surface area (Å²) in [5, 5.41) is 12.1. The number of halogens is 1. The van der Waals surface area contributed by atoms with Gasteiger partial charge >= 0.3 is 6.09 Å². The molecule has 13 nitrogen and oxygen atoms in total. The number of para-hydroxylation sites is 1. The Bertz CT molecular complexity index is 1990. The molecule has 0 radical (unpaired) electrons. The first kappa shape index (κ1) is 36.3. The molecule has 0 aliphatic carbocycles. The quantitative estimate of drug-likeness (QED) is 0.189. The zero-order valence-corrected chi connectivity index (χ0v) is 30.4. The van der Waals surface area contributed by atoms with Crippen molar-refractivity contribution in [2.24, 2.45) is 0 Å². The summed E-state index contributed by atoms with van der Waals surface area (Å²) in [6, 6.07) is 11.1. The molecule has 0 spiro atoms. The van der Waals surface area contributed by atoms with E-state index >= 15 is 0 Å². The lowest BCUT2D eigenvalue weighted by Crippen LogP contribution is -2.44. The van der Waals surface area contributed by atoms with Crippen LogP contribution in [0.5, 0.6) is 11.6 Å². The molecule has 274 valence electrons. The van der Waals surface area contributed by atoms with E-state index in [2.05, 4.69) is 25.5 Å². The van der Waals surface area contributed by atoms with Crippen molar-refractivity contribution in [1.82, 2.24) is 35.3 Å². The molecule has 0 bridgehead atoms. The van der Waals surface area contributed by atoms with Crippen LogP contribution in [-0.2, 0) is 16.0 Å². The van der Waals surface area contributed by atoms with Crippen molar-refractivity contribution < 1.29 is 28.2 Å². The van der Waals surface area contributed by atoms with Crippen LogP contribution in [0.2, 0.25) is 0 Å². The van der Waals surface area contributed by atoms with E-state index in [1.807, 2.05) is 56.1 Å². The van der Waals surface area contributed by atoms with Crippen LogP contribution in [0.3, 0.4) is 0 Å². The molecule has 0 fully saturated rings. The van der Waals surface area contributed by atoms with E-state index in [0.717, 1.165) is 33.7 Å². The van der Waals surface area contributed by atoms with Crippen LogP contribution in [0.15, 0.2) is 66.1 Å². The third-order valence-corrected chi connectivity index (χ3v) is 9.14. The van der Waals surface area contributed by atoms with Crippen molar-refractivity contribution in [3.8, 4) is 11.6 Å². The molecule has 3 amide bonds. The number of carbonyl (C=O) groups is 3. The molecule has 6 rings (SSSR count). The van der Waals surface area contributed by atoms with Gasteiger partial charge in [-0.3, -0.25) is 9.59 Å². The highest BCUT2D eigenvalue weighted by Crippen LogP contribution is 2.36. The van der Waals surface area contributed by atoms with Crippen LogP contribution in [0, 0.1) is 5.82 Å². The van der Waals surface area contributed by atoms with Gasteiger partial charge in [0, 0.05) is 68.3 Å². The monoisotopic (exact) mass is 712 g/mol. The molecular formula is C38H45FN8O5. The van der Waals surface area contributed by atoms with Crippen molar-refractivity contribution in [2.75, 3.05) is 37.6 Å². The van der Waals surface area contributed by atoms with Gasteiger partial charge in [-0.25, -0.2) is 14.2 Å². The fourth-order valence-corrected chi connectivity index (χ4v) is 6.76. The van der Waals surface area contributed by atoms with Gasteiger partial charge in [0.15, 0.2) is 5.82 Å². The molecule has 52 heavy (non-hydrogen) atoms. The number of hydrogen-bond donors (Lipinski definition) is 2. The van der Waals surface area contributed by atoms with Crippen LogP contribution in [0.4, 0.5) is 15.0 Å². The second-order valence-electron chi connectivity index (χ2n) is 14.4. The fraction of sp³-hybridized carbons (Fsp3) is 0.421. The van der Waals surface area contributed by atoms with Crippen LogP contribution < -0.4 is 15.0 Å². The number of amides is 3. The largest absolute Gasteiger partial charge is 0.444 e. The van der Waals surface area contributed by atoms with Gasteiger partial charge in [-0.1, -0.05) is 18.2 Å². The number of alkyl carbamates (subject to hydrolysis) is 1. The van der Waals surface area contributed by atoms with Gasteiger partial charge in [0.2, 0.25) is 5.91 Å². The number of H-pyrrole nitrogens is 1. The number of nitrogens with one attached hydrogen (secondary N) is 2. The zero-order chi connectivity index (χ0) is 37.2. The third-order valence-electron chi connectivity index (χ3n) is 9.14. The molecule has 2 N–H and O–H groups in total. The average molecular weight is 713 g/mol. The van der Waals surface area contributed by atoms with Crippen molar-refractivity contribution in [3.63, 3.8) is 0 Å². The van der Waals surface area contributed by atoms with Crippen LogP contribution in [-0.4, -0.2) is 98.3 Å². The minimum absolute atomic E-state index is 0.0764. The van der Waals surface area contributed by atoms with Crippen LogP contribution in [0.25, 0.3) is 10.9 Å². The minimum atomic E-state index is -0.683. The Hall–Kier alpha value is -5.53. The number of hydrogen-bond acceptors (Lipinski definition) is 9. The van der Waals surface area contributed by atoms with Gasteiger partial charge in [0.25, 0.3) is 11.8 Å². The first-order valence-corrected chi connectivity index (χ1v) is 17.5. The summed E-state index contributed by atoms with van der Waals surface area (Å²) in [6.07, 6.45) is 3.21. The van der Waals surface area contributed by atoms with Crippen LogP contribution >= 0.6 is 0 Å². The Kier molecular flexibility index (Phi) is 10.4. The highest BCUT2D eigenvalue weighted by atomic mass is 19.1. The number of nitrogens with zero attached hydrogens (tertiary/aromatic N) is 6. The molecule has 2 aromatic heterocycles. The molecule has 0 unspecified atom stereocenters. The first-order chi connectivity index (χ1) is 24.8. The summed E-state index contributed by atoms with van der Waals surface area (Å²) >= 11 is 0. The molecule has 0 saturated carbocycles. The highest BCUT2D eigenvalue weighted by molar-refractivity contribution is 5.97. The van der Waals surface area contributed by atoms with E-state index in [1.165, 1.54) is 18.5 Å². The van der Waals surface area contributed by atoms with Crippen LogP contribution in [0.1, 0.15) is 63.9 Å². The Morgan fingerprint density at radius 3 is 2.48 bits per heavy atom. The van der Waals surface area contributed by atoms with Gasteiger partial charge in [0.1, 0.15) is 23.5 Å². The molecule has 2 aromatic carbocycles. The van der Waals surface area contributed by atoms with Crippen molar-refractivity contribution >= 4 is 34.6 Å². The van der Waals surface area contributed by atoms with Crippen molar-refractivity contribution in [1.29, 1.82) is 0 Å². The summed E-state index contributed by atoms with van der Waals surface area (Å²) < 4.78 is 26.0. The maximum atomic E-state index is 14.4. The van der Waals surface area contributed by atoms with Gasteiger partial charge in [-0.05, 0) is 88.9 Å². The number of benzene rings is 2. The molecule has 14 heteroatoms. The lowest BCUT2D eigenvalue weighted by Gasteiger charge is -2.27. The number of ether oxygens (including phenoxy) is 2. The molecule has 2 aliphatic rings. The van der Waals surface area contributed by atoms with E-state index in [9.17, 15) is 18.8 Å². The normalized spacial score (nSPS) is 14.9. The maximum absolute atomic E-state index is 14.4. The van der Waals surface area contributed by atoms with Gasteiger partial charge in [0.05, 0.1) is 5.56 Å². The van der Waals surface area contributed by atoms with E-state index in [1.54, 1.807) is 30.6 Å². The van der Waals surface area contributed by atoms with Crippen molar-refractivity contribution in [3.05, 3.63) is 83.1 Å². The lowest BCUT2D eigenvalue weighted by molar-refractivity contribution is -0.130. The summed E-state index contributed by atoms with van der Waals surface area (Å²) in [5.41, 5.74) is 3.54. The minimum Gasteiger partial charge on any atom is -0.444 e. The molecule has 4 aromatic rings. The number of anilines is 1. The summed E-state index contributed by atoms with van der Waals surface area (Å²) in [7, 11) is 0. The molecule has 4 heterocycles. The molecular weight excluding hydrogens is 667 g/mol. The number of aromatic amines is 1. The maximum Gasteiger partial charge on any atom is 0.407 e. The Morgan fingerprint density at radius 2 is 1.79 bits per heavy atom. The summed E-state index contributed by atoms with van der Waals surface area (Å²) in [6.45, 7) is 13.3. The Balaban J connectivity index is 1.13. The predicted octanol–water partition coefficient (Wildman–Crippen LogP) is 5.64. The predicted molar refractivity (Wildman–Crippen MR) is 194 cm³/mol. The summed E-state index contributed by atoms with van der Waals surface area (Å²) in [4.78, 5) is 53.1. The second-order valence-corrected chi connectivity index (χ2v) is 14.4. The van der Waals surface area contributed by atoms with E-state index in [4.69, 9.17) is 9.47 Å². The van der Waals surface area contributed by atoms with Gasteiger partial charge < -0.3 is 34.5 Å². The van der Waals surface area contributed by atoms with E-state index < -0.39 is 23.6 Å². The van der Waals surface area contributed by atoms with Gasteiger partial charge in [-0.2, -0.15) is 0 Å². The fourth-order valence-electron chi connectivity index (χ4n) is 6.76. The molecule has 0 saturated heterocycles. The van der Waals surface area contributed by atoms with E-state index in [-0.39, 0.29) is 41.5 Å². The highest BCUT2D eigenvalue weighted by Gasteiger charge is 2.35. The van der Waals surface area contributed by atoms with E-state index in [0.29, 0.717) is 45.0 Å². The Labute approximate surface area is 302 Å².